The van der Waals surface area contributed by atoms with Gasteiger partial charge in [0.2, 0.25) is 0 Å². The van der Waals surface area contributed by atoms with Gasteiger partial charge in [-0.3, -0.25) is 4.79 Å². The number of nitrogens with zero attached hydrogens (tertiary/aromatic N) is 3. The van der Waals surface area contributed by atoms with E-state index in [9.17, 15) is 4.79 Å². The number of carbonyl (C=O) groups excluding carboxylic acids is 1. The first-order valence-corrected chi connectivity index (χ1v) is 5.69. The molecule has 0 fully saturated rings. The van der Waals surface area contributed by atoms with Gasteiger partial charge in [-0.25, -0.2) is 4.68 Å². The van der Waals surface area contributed by atoms with Crippen molar-refractivity contribution in [2.24, 2.45) is 0 Å². The second-order valence-electron chi connectivity index (χ2n) is 2.83. The van der Waals surface area contributed by atoms with Crippen molar-refractivity contribution in [2.45, 2.75) is 46.5 Å². The predicted octanol–water partition coefficient (Wildman–Crippen LogP) is 2.19. The lowest BCUT2D eigenvalue weighted by Crippen LogP contribution is -2.10. The molecule has 4 nitrogen and oxygen atoms in total. The van der Waals surface area contributed by atoms with Gasteiger partial charge in [-0.1, -0.05) is 26.0 Å². The van der Waals surface area contributed by atoms with E-state index in [1.807, 2.05) is 20.8 Å². The van der Waals surface area contributed by atoms with E-state index in [0.29, 0.717) is 5.88 Å². The fourth-order valence-corrected chi connectivity index (χ4v) is 1.42. The monoisotopic (exact) mass is 231 g/mol. The number of halogens is 1. The Morgan fingerprint density at radius 2 is 2.07 bits per heavy atom. The lowest BCUT2D eigenvalue weighted by molar-refractivity contribution is -0.117. The van der Waals surface area contributed by atoms with Gasteiger partial charge in [-0.15, -0.1) is 16.7 Å². The molecule has 1 heterocycles. The third kappa shape index (κ3) is 4.00. The van der Waals surface area contributed by atoms with Gasteiger partial charge >= 0.3 is 0 Å². The van der Waals surface area contributed by atoms with Gasteiger partial charge in [0.15, 0.2) is 5.78 Å². The third-order valence-corrected chi connectivity index (χ3v) is 2.01. The first kappa shape index (κ1) is 14.1. The fraction of sp³-hybridized carbons (Fsp3) is 0.700. The normalized spacial score (nSPS) is 9.40. The molecule has 0 unspecified atom stereocenters. The van der Waals surface area contributed by atoms with Crippen LogP contribution in [0.2, 0.25) is 0 Å². The molecule has 1 aromatic rings. The SMILES string of the molecule is CC.CCc1nnn(CC(C)=O)c1CCl. The van der Waals surface area contributed by atoms with E-state index in [-0.39, 0.29) is 12.3 Å². The van der Waals surface area contributed by atoms with Crippen LogP contribution in [0.15, 0.2) is 0 Å². The molecule has 1 aromatic heterocycles. The number of aromatic nitrogens is 3. The Hall–Kier alpha value is -0.900. The van der Waals surface area contributed by atoms with Gasteiger partial charge in [0.05, 0.1) is 17.3 Å². The molecule has 0 N–H and O–H groups in total. The Labute approximate surface area is 95.6 Å². The van der Waals surface area contributed by atoms with Gasteiger partial charge in [0.1, 0.15) is 6.54 Å². The Kier molecular flexibility index (Phi) is 6.96. The Balaban J connectivity index is 0.000000921. The number of ketones is 1. The molecule has 0 aromatic carbocycles. The van der Waals surface area contributed by atoms with Crippen molar-refractivity contribution >= 4 is 17.4 Å². The first-order chi connectivity index (χ1) is 7.19. The molecule has 1 rings (SSSR count). The van der Waals surface area contributed by atoms with Crippen molar-refractivity contribution in [1.82, 2.24) is 15.0 Å². The van der Waals surface area contributed by atoms with E-state index in [1.54, 1.807) is 4.68 Å². The summed E-state index contributed by atoms with van der Waals surface area (Å²) >= 11 is 5.73. The third-order valence-electron chi connectivity index (χ3n) is 1.75. The number of hydrogen-bond acceptors (Lipinski definition) is 3. The van der Waals surface area contributed by atoms with E-state index >= 15 is 0 Å². The van der Waals surface area contributed by atoms with Gasteiger partial charge in [0, 0.05) is 0 Å². The summed E-state index contributed by atoms with van der Waals surface area (Å²) in [6.45, 7) is 7.76. The molecule has 0 saturated heterocycles. The molecule has 0 aliphatic heterocycles. The van der Waals surface area contributed by atoms with Crippen LogP contribution in [-0.2, 0) is 23.6 Å². The van der Waals surface area contributed by atoms with Crippen LogP contribution < -0.4 is 0 Å². The van der Waals surface area contributed by atoms with Gasteiger partial charge < -0.3 is 0 Å². The number of hydrogen-bond donors (Lipinski definition) is 0. The number of aryl methyl sites for hydroxylation is 1. The van der Waals surface area contributed by atoms with Crippen molar-refractivity contribution in [3.63, 3.8) is 0 Å². The van der Waals surface area contributed by atoms with Crippen LogP contribution in [0.3, 0.4) is 0 Å². The minimum atomic E-state index is 0.0546. The van der Waals surface area contributed by atoms with Gasteiger partial charge in [0.25, 0.3) is 0 Å². The molecule has 0 radical (unpaired) electrons. The molecule has 86 valence electrons. The summed E-state index contributed by atoms with van der Waals surface area (Å²) in [4.78, 5) is 10.8. The minimum Gasteiger partial charge on any atom is -0.298 e. The Bertz CT molecular complexity index is 310. The molecule has 0 atom stereocenters. The standard InChI is InChI=1S/C8H12ClN3O.C2H6/c1-3-7-8(4-9)12(11-10-7)5-6(2)13;1-2/h3-5H2,1-2H3;1-2H3. The first-order valence-electron chi connectivity index (χ1n) is 5.15. The smallest absolute Gasteiger partial charge is 0.151 e. The van der Waals surface area contributed by atoms with Crippen molar-refractivity contribution in [1.29, 1.82) is 0 Å². The average Bonchev–Trinajstić information content (AvgIpc) is 2.62. The largest absolute Gasteiger partial charge is 0.298 e. The molecule has 0 saturated carbocycles. The van der Waals surface area contributed by atoms with Crippen molar-refractivity contribution < 1.29 is 4.79 Å². The molecular formula is C10H18ClN3O. The Morgan fingerprint density at radius 3 is 2.47 bits per heavy atom. The maximum Gasteiger partial charge on any atom is 0.151 e. The van der Waals surface area contributed by atoms with Crippen molar-refractivity contribution in [3.05, 3.63) is 11.4 Å². The average molecular weight is 232 g/mol. The van der Waals surface area contributed by atoms with Crippen molar-refractivity contribution in [2.75, 3.05) is 0 Å². The van der Waals surface area contributed by atoms with E-state index in [0.717, 1.165) is 17.8 Å². The highest BCUT2D eigenvalue weighted by Crippen LogP contribution is 2.09. The van der Waals surface area contributed by atoms with Crippen molar-refractivity contribution in [3.8, 4) is 0 Å². The molecule has 0 bridgehead atoms. The maximum absolute atomic E-state index is 10.8. The van der Waals surface area contributed by atoms with E-state index < -0.39 is 0 Å². The molecule has 0 amide bonds. The molecule has 15 heavy (non-hydrogen) atoms. The van der Waals surface area contributed by atoms with Crippen LogP contribution >= 0.6 is 11.6 Å². The number of alkyl halides is 1. The zero-order valence-corrected chi connectivity index (χ0v) is 10.5. The van der Waals surface area contributed by atoms with Crippen LogP contribution in [0.5, 0.6) is 0 Å². The van der Waals surface area contributed by atoms with Crippen LogP contribution in [0.1, 0.15) is 39.1 Å². The number of rotatable bonds is 4. The quantitative estimate of drug-likeness (QED) is 0.747. The fourth-order valence-electron chi connectivity index (χ4n) is 1.13. The summed E-state index contributed by atoms with van der Waals surface area (Å²) in [6, 6.07) is 0. The summed E-state index contributed by atoms with van der Waals surface area (Å²) in [5.74, 6) is 0.405. The van der Waals surface area contributed by atoms with E-state index in [2.05, 4.69) is 10.3 Å². The summed E-state index contributed by atoms with van der Waals surface area (Å²) in [5.41, 5.74) is 1.72. The summed E-state index contributed by atoms with van der Waals surface area (Å²) in [7, 11) is 0. The van der Waals surface area contributed by atoms with Crippen LogP contribution in [0.25, 0.3) is 0 Å². The minimum absolute atomic E-state index is 0.0546. The van der Waals surface area contributed by atoms with E-state index in [4.69, 9.17) is 11.6 Å². The number of carbonyl (C=O) groups is 1. The maximum atomic E-state index is 10.8. The van der Waals surface area contributed by atoms with Crippen LogP contribution in [0, 0.1) is 0 Å². The highest BCUT2D eigenvalue weighted by atomic mass is 35.5. The highest BCUT2D eigenvalue weighted by Gasteiger charge is 2.10. The molecular weight excluding hydrogens is 214 g/mol. The zero-order valence-electron chi connectivity index (χ0n) is 9.75. The lowest BCUT2D eigenvalue weighted by Gasteiger charge is -2.00. The molecule has 0 aliphatic rings. The molecule has 0 spiro atoms. The molecule has 0 aliphatic carbocycles. The van der Waals surface area contributed by atoms with E-state index in [1.165, 1.54) is 6.92 Å². The molecule has 5 heteroatoms. The second kappa shape index (κ2) is 7.40. The summed E-state index contributed by atoms with van der Waals surface area (Å²) < 4.78 is 1.56. The topological polar surface area (TPSA) is 47.8 Å². The van der Waals surface area contributed by atoms with Gasteiger partial charge in [-0.05, 0) is 13.3 Å². The van der Waals surface area contributed by atoms with Gasteiger partial charge in [-0.2, -0.15) is 0 Å². The predicted molar refractivity (Wildman–Crippen MR) is 61.0 cm³/mol. The highest BCUT2D eigenvalue weighted by molar-refractivity contribution is 6.17. The summed E-state index contributed by atoms with van der Waals surface area (Å²) in [5, 5.41) is 7.79. The lowest BCUT2D eigenvalue weighted by atomic mass is 10.3. The second-order valence-corrected chi connectivity index (χ2v) is 3.10. The van der Waals surface area contributed by atoms with Crippen LogP contribution in [0.4, 0.5) is 0 Å². The number of Topliss-reactive ketones (excluding diaryl/α,β-unsaturated/α-hetero) is 1. The summed E-state index contributed by atoms with van der Waals surface area (Å²) in [6.07, 6.45) is 0.792. The van der Waals surface area contributed by atoms with Crippen LogP contribution in [-0.4, -0.2) is 20.8 Å². The zero-order chi connectivity index (χ0) is 11.8. The Morgan fingerprint density at radius 1 is 1.47 bits per heavy atom.